The number of aromatic nitrogens is 2. The monoisotopic (exact) mass is 330 g/mol. The molecular formula is C17H22N4O3. The Labute approximate surface area is 140 Å². The number of hydrogen-bond acceptors (Lipinski definition) is 5. The largest absolute Gasteiger partial charge is 0.497 e. The molecule has 2 aromatic rings. The van der Waals surface area contributed by atoms with Gasteiger partial charge in [-0.2, -0.15) is 5.10 Å². The summed E-state index contributed by atoms with van der Waals surface area (Å²) in [6, 6.07) is 5.64. The molecule has 128 valence electrons. The van der Waals surface area contributed by atoms with Crippen molar-refractivity contribution in [3.63, 3.8) is 0 Å². The molecule has 0 spiro atoms. The van der Waals surface area contributed by atoms with Gasteiger partial charge in [0.05, 0.1) is 14.2 Å². The maximum atomic E-state index is 12.4. The van der Waals surface area contributed by atoms with E-state index in [1.165, 1.54) is 0 Å². The van der Waals surface area contributed by atoms with Crippen molar-refractivity contribution in [2.24, 2.45) is 0 Å². The fraction of sp³-hybridized carbons (Fsp3) is 0.412. The molecule has 1 aliphatic heterocycles. The molecule has 0 fully saturated rings. The first-order valence-corrected chi connectivity index (χ1v) is 7.99. The molecule has 0 atom stereocenters. The zero-order valence-electron chi connectivity index (χ0n) is 13.9. The zero-order chi connectivity index (χ0) is 16.9. The van der Waals surface area contributed by atoms with Crippen LogP contribution in [-0.4, -0.2) is 43.4 Å². The van der Waals surface area contributed by atoms with Crippen LogP contribution >= 0.6 is 0 Å². The molecule has 0 unspecified atom stereocenters. The van der Waals surface area contributed by atoms with Crippen LogP contribution in [-0.2, 0) is 19.4 Å². The predicted octanol–water partition coefficient (Wildman–Crippen LogP) is 1.05. The van der Waals surface area contributed by atoms with E-state index in [1.807, 2.05) is 18.2 Å². The topological polar surface area (TPSA) is 88.3 Å². The van der Waals surface area contributed by atoms with Gasteiger partial charge < -0.3 is 20.1 Å². The molecule has 1 aromatic carbocycles. The number of H-pyrrole nitrogens is 1. The van der Waals surface area contributed by atoms with Gasteiger partial charge in [0.15, 0.2) is 5.69 Å². The molecule has 1 aliphatic rings. The van der Waals surface area contributed by atoms with E-state index in [9.17, 15) is 4.79 Å². The van der Waals surface area contributed by atoms with E-state index in [2.05, 4.69) is 20.8 Å². The summed E-state index contributed by atoms with van der Waals surface area (Å²) in [5.41, 5.74) is 3.49. The van der Waals surface area contributed by atoms with E-state index in [0.717, 1.165) is 41.3 Å². The average molecular weight is 330 g/mol. The van der Waals surface area contributed by atoms with Gasteiger partial charge in [0.25, 0.3) is 5.91 Å². The second-order valence-corrected chi connectivity index (χ2v) is 5.64. The van der Waals surface area contributed by atoms with E-state index < -0.39 is 0 Å². The van der Waals surface area contributed by atoms with Gasteiger partial charge in [-0.15, -0.1) is 0 Å². The molecule has 0 saturated carbocycles. The molecule has 2 heterocycles. The van der Waals surface area contributed by atoms with E-state index in [1.54, 1.807) is 14.2 Å². The number of ether oxygens (including phenoxy) is 2. The van der Waals surface area contributed by atoms with Crippen LogP contribution < -0.4 is 20.1 Å². The molecule has 1 aromatic heterocycles. The lowest BCUT2D eigenvalue weighted by Gasteiger charge is -2.13. The third-order valence-electron chi connectivity index (χ3n) is 4.19. The molecule has 3 N–H and O–H groups in total. The number of amides is 1. The minimum Gasteiger partial charge on any atom is -0.497 e. The van der Waals surface area contributed by atoms with E-state index >= 15 is 0 Å². The number of nitrogens with zero attached hydrogens (tertiary/aromatic N) is 1. The Bertz CT molecular complexity index is 727. The van der Waals surface area contributed by atoms with Gasteiger partial charge in [0.1, 0.15) is 11.5 Å². The normalized spacial score (nSPS) is 13.2. The van der Waals surface area contributed by atoms with Crippen LogP contribution in [0, 0.1) is 0 Å². The van der Waals surface area contributed by atoms with Crippen molar-refractivity contribution in [3.05, 3.63) is 40.7 Å². The maximum Gasteiger partial charge on any atom is 0.272 e. The second-order valence-electron chi connectivity index (χ2n) is 5.64. The van der Waals surface area contributed by atoms with Gasteiger partial charge >= 0.3 is 0 Å². The molecule has 7 nitrogen and oxygen atoms in total. The summed E-state index contributed by atoms with van der Waals surface area (Å²) in [6.07, 6.45) is 1.52. The predicted molar refractivity (Wildman–Crippen MR) is 89.6 cm³/mol. The summed E-state index contributed by atoms with van der Waals surface area (Å²) in [5.74, 6) is 1.40. The molecule has 1 amide bonds. The Morgan fingerprint density at radius 3 is 3.00 bits per heavy atom. The Kier molecular flexibility index (Phi) is 5.00. The lowest BCUT2D eigenvalue weighted by atomic mass is 10.1. The standard InChI is InChI=1S/C17H22N4O3/c1-23-12-3-4-15(24-2)11(9-12)5-8-19-17(22)16-13-10-18-7-6-14(13)20-21-16/h3-4,9,18H,5-8,10H2,1-2H3,(H,19,22)(H,20,21). The van der Waals surface area contributed by atoms with Crippen LogP contribution in [0.5, 0.6) is 11.5 Å². The van der Waals surface area contributed by atoms with E-state index in [-0.39, 0.29) is 5.91 Å². The SMILES string of the molecule is COc1ccc(OC)c(CCNC(=O)c2n[nH]c3c2CNCC3)c1. The molecular weight excluding hydrogens is 308 g/mol. The van der Waals surface area contributed by atoms with Gasteiger partial charge in [-0.05, 0) is 30.2 Å². The first kappa shape index (κ1) is 16.3. The van der Waals surface area contributed by atoms with Gasteiger partial charge in [-0.3, -0.25) is 9.89 Å². The summed E-state index contributed by atoms with van der Waals surface area (Å²) in [5, 5.41) is 13.3. The number of nitrogens with one attached hydrogen (secondary N) is 3. The van der Waals surface area contributed by atoms with Crippen LogP contribution in [0.3, 0.4) is 0 Å². The van der Waals surface area contributed by atoms with Crippen LogP contribution in [0.4, 0.5) is 0 Å². The maximum absolute atomic E-state index is 12.4. The highest BCUT2D eigenvalue weighted by atomic mass is 16.5. The third kappa shape index (κ3) is 3.35. The average Bonchev–Trinajstić information content (AvgIpc) is 3.05. The van der Waals surface area contributed by atoms with Gasteiger partial charge in [-0.1, -0.05) is 0 Å². The zero-order valence-corrected chi connectivity index (χ0v) is 13.9. The van der Waals surface area contributed by atoms with Crippen molar-refractivity contribution in [1.29, 1.82) is 0 Å². The summed E-state index contributed by atoms with van der Waals surface area (Å²) in [7, 11) is 3.26. The number of carbonyl (C=O) groups excluding carboxylic acids is 1. The van der Waals surface area contributed by atoms with Crippen molar-refractivity contribution >= 4 is 5.91 Å². The van der Waals surface area contributed by atoms with Gasteiger partial charge in [0.2, 0.25) is 0 Å². The molecule has 0 bridgehead atoms. The van der Waals surface area contributed by atoms with Crippen molar-refractivity contribution < 1.29 is 14.3 Å². The lowest BCUT2D eigenvalue weighted by Crippen LogP contribution is -2.29. The Morgan fingerprint density at radius 2 is 2.21 bits per heavy atom. The van der Waals surface area contributed by atoms with Crippen LogP contribution in [0.15, 0.2) is 18.2 Å². The quantitative estimate of drug-likeness (QED) is 0.737. The summed E-state index contributed by atoms with van der Waals surface area (Å²) < 4.78 is 10.6. The molecule has 0 saturated heterocycles. The fourth-order valence-electron chi connectivity index (χ4n) is 2.88. The van der Waals surface area contributed by atoms with Gasteiger partial charge in [0, 0.05) is 37.3 Å². The lowest BCUT2D eigenvalue weighted by molar-refractivity contribution is 0.0948. The van der Waals surface area contributed by atoms with E-state index in [0.29, 0.717) is 25.2 Å². The highest BCUT2D eigenvalue weighted by Gasteiger charge is 2.21. The number of benzene rings is 1. The van der Waals surface area contributed by atoms with Crippen molar-refractivity contribution in [3.8, 4) is 11.5 Å². The second kappa shape index (κ2) is 7.35. The number of carbonyl (C=O) groups is 1. The van der Waals surface area contributed by atoms with Crippen LogP contribution in [0.1, 0.15) is 27.3 Å². The van der Waals surface area contributed by atoms with Gasteiger partial charge in [-0.25, -0.2) is 0 Å². The molecule has 0 aliphatic carbocycles. The Balaban J connectivity index is 1.62. The molecule has 7 heteroatoms. The number of rotatable bonds is 6. The molecule has 24 heavy (non-hydrogen) atoms. The first-order chi connectivity index (χ1) is 11.7. The smallest absolute Gasteiger partial charge is 0.272 e. The molecule has 3 rings (SSSR count). The Hall–Kier alpha value is -2.54. The Morgan fingerprint density at radius 1 is 1.33 bits per heavy atom. The first-order valence-electron chi connectivity index (χ1n) is 7.99. The van der Waals surface area contributed by atoms with Crippen LogP contribution in [0.25, 0.3) is 0 Å². The fourth-order valence-corrected chi connectivity index (χ4v) is 2.88. The summed E-state index contributed by atoms with van der Waals surface area (Å²) in [6.45, 7) is 2.08. The number of methoxy groups -OCH3 is 2. The minimum absolute atomic E-state index is 0.155. The minimum atomic E-state index is -0.155. The summed E-state index contributed by atoms with van der Waals surface area (Å²) >= 11 is 0. The highest BCUT2D eigenvalue weighted by Crippen LogP contribution is 2.24. The number of aromatic amines is 1. The third-order valence-corrected chi connectivity index (χ3v) is 4.19. The van der Waals surface area contributed by atoms with Crippen molar-refractivity contribution in [1.82, 2.24) is 20.8 Å². The van der Waals surface area contributed by atoms with Crippen molar-refractivity contribution in [2.75, 3.05) is 27.3 Å². The van der Waals surface area contributed by atoms with Crippen LogP contribution in [0.2, 0.25) is 0 Å². The number of fused-ring (bicyclic) bond motifs is 1. The van der Waals surface area contributed by atoms with E-state index in [4.69, 9.17) is 9.47 Å². The summed E-state index contributed by atoms with van der Waals surface area (Å²) in [4.78, 5) is 12.4. The van der Waals surface area contributed by atoms with Crippen molar-refractivity contribution in [2.45, 2.75) is 19.4 Å². The molecule has 0 radical (unpaired) electrons. The highest BCUT2D eigenvalue weighted by molar-refractivity contribution is 5.94. The number of hydrogen-bond donors (Lipinski definition) is 3.